The fraction of sp³-hybridized carbons (Fsp3) is 0.435. The molecule has 3 rings (SSSR count). The van der Waals surface area contributed by atoms with Crippen LogP contribution in [0.1, 0.15) is 45.3 Å². The Morgan fingerprint density at radius 2 is 1.66 bits per heavy atom. The summed E-state index contributed by atoms with van der Waals surface area (Å²) in [5, 5.41) is 10.5. The number of likely N-dealkylation sites (tertiary alicyclic amines) is 1. The number of hydrogen-bond acceptors (Lipinski definition) is 3. The van der Waals surface area contributed by atoms with Gasteiger partial charge in [-0.2, -0.15) is 0 Å². The molecule has 1 saturated heterocycles. The zero-order chi connectivity index (χ0) is 21.2. The first-order valence-corrected chi connectivity index (χ1v) is 9.80. The van der Waals surface area contributed by atoms with E-state index in [9.17, 15) is 9.90 Å². The van der Waals surface area contributed by atoms with Gasteiger partial charge in [0.2, 0.25) is 0 Å². The lowest BCUT2D eigenvalue weighted by Crippen LogP contribution is -2.50. The van der Waals surface area contributed by atoms with Crippen LogP contribution in [-0.4, -0.2) is 40.2 Å². The normalized spacial score (nSPS) is 18.6. The molecule has 0 radical (unpaired) electrons. The molecule has 1 aliphatic heterocycles. The largest absolute Gasteiger partial charge is 0.444 e. The Balaban J connectivity index is 1.78. The summed E-state index contributed by atoms with van der Waals surface area (Å²) < 4.78 is 35.6. The van der Waals surface area contributed by atoms with Gasteiger partial charge in [0, 0.05) is 6.54 Å². The van der Waals surface area contributed by atoms with Crippen molar-refractivity contribution in [2.24, 2.45) is 0 Å². The number of amides is 1. The standard InChI is InChI=1S/C23H27F2NO3/c1-22(2,3)29-21(28)26-15-7-10-19(26)23(24,25)20(27)18-13-11-17(12-14-18)16-8-5-4-6-9-16/h4-6,8-9,11-14,19-20,27H,7,10,15H2,1-3H3. The van der Waals surface area contributed by atoms with Crippen LogP contribution in [-0.2, 0) is 4.74 Å². The van der Waals surface area contributed by atoms with Crippen LogP contribution in [0.2, 0.25) is 0 Å². The minimum Gasteiger partial charge on any atom is -0.444 e. The lowest BCUT2D eigenvalue weighted by atomic mass is 9.94. The van der Waals surface area contributed by atoms with Gasteiger partial charge in [-0.05, 0) is 50.3 Å². The van der Waals surface area contributed by atoms with Crippen LogP contribution in [0.4, 0.5) is 13.6 Å². The van der Waals surface area contributed by atoms with Gasteiger partial charge in [0.05, 0.1) is 0 Å². The minimum atomic E-state index is -3.50. The first kappa shape index (κ1) is 21.2. The number of rotatable bonds is 4. The Morgan fingerprint density at radius 3 is 2.24 bits per heavy atom. The van der Waals surface area contributed by atoms with Gasteiger partial charge >= 0.3 is 6.09 Å². The number of nitrogens with zero attached hydrogens (tertiary/aromatic N) is 1. The van der Waals surface area contributed by atoms with Crippen LogP contribution in [0.25, 0.3) is 11.1 Å². The van der Waals surface area contributed by atoms with Crippen molar-refractivity contribution in [2.75, 3.05) is 6.54 Å². The number of aliphatic hydroxyl groups excluding tert-OH is 1. The maximum atomic E-state index is 15.2. The van der Waals surface area contributed by atoms with E-state index in [1.807, 2.05) is 30.3 Å². The Kier molecular flexibility index (Phi) is 5.94. The molecular formula is C23H27F2NO3. The predicted octanol–water partition coefficient (Wildman–Crippen LogP) is 5.42. The van der Waals surface area contributed by atoms with Gasteiger partial charge in [-0.3, -0.25) is 4.90 Å². The van der Waals surface area contributed by atoms with E-state index in [4.69, 9.17) is 4.74 Å². The number of carbonyl (C=O) groups is 1. The summed E-state index contributed by atoms with van der Waals surface area (Å²) in [6.45, 7) is 5.26. The van der Waals surface area contributed by atoms with E-state index in [2.05, 4.69) is 0 Å². The van der Waals surface area contributed by atoms with E-state index in [0.29, 0.717) is 6.42 Å². The van der Waals surface area contributed by atoms with E-state index in [-0.39, 0.29) is 18.5 Å². The Bertz CT molecular complexity index is 831. The third-order valence-corrected chi connectivity index (χ3v) is 5.02. The van der Waals surface area contributed by atoms with Crippen molar-refractivity contribution < 1.29 is 23.4 Å². The fourth-order valence-corrected chi connectivity index (χ4v) is 3.60. The molecule has 1 fully saturated rings. The average Bonchev–Trinajstić information content (AvgIpc) is 3.18. The van der Waals surface area contributed by atoms with Crippen LogP contribution in [0.3, 0.4) is 0 Å². The maximum absolute atomic E-state index is 15.2. The molecule has 2 aromatic carbocycles. The number of ether oxygens (including phenoxy) is 1. The Hall–Kier alpha value is -2.47. The molecule has 1 aliphatic rings. The van der Waals surface area contributed by atoms with Crippen LogP contribution in [0, 0.1) is 0 Å². The van der Waals surface area contributed by atoms with Gasteiger partial charge in [-0.15, -0.1) is 0 Å². The third-order valence-electron chi connectivity index (χ3n) is 5.02. The molecule has 2 unspecified atom stereocenters. The van der Waals surface area contributed by atoms with Crippen LogP contribution in [0.15, 0.2) is 54.6 Å². The zero-order valence-electron chi connectivity index (χ0n) is 16.9. The Labute approximate surface area is 170 Å². The number of aliphatic hydroxyl groups is 1. The molecule has 0 aliphatic carbocycles. The summed E-state index contributed by atoms with van der Waals surface area (Å²) in [7, 11) is 0. The van der Waals surface area contributed by atoms with Crippen molar-refractivity contribution in [1.82, 2.24) is 4.90 Å². The molecule has 29 heavy (non-hydrogen) atoms. The van der Waals surface area contributed by atoms with Gasteiger partial charge in [0.25, 0.3) is 5.92 Å². The van der Waals surface area contributed by atoms with Crippen LogP contribution < -0.4 is 0 Å². The summed E-state index contributed by atoms with van der Waals surface area (Å²) in [6, 6.07) is 14.6. The smallest absolute Gasteiger partial charge is 0.410 e. The second-order valence-electron chi connectivity index (χ2n) is 8.40. The van der Waals surface area contributed by atoms with Gasteiger partial charge in [-0.25, -0.2) is 13.6 Å². The summed E-state index contributed by atoms with van der Waals surface area (Å²) in [5.74, 6) is -3.50. The van der Waals surface area contributed by atoms with E-state index >= 15 is 8.78 Å². The minimum absolute atomic E-state index is 0.116. The van der Waals surface area contributed by atoms with Crippen molar-refractivity contribution in [3.8, 4) is 11.1 Å². The summed E-state index contributed by atoms with van der Waals surface area (Å²) in [5.41, 5.74) is 1.19. The fourth-order valence-electron chi connectivity index (χ4n) is 3.60. The highest BCUT2D eigenvalue weighted by Crippen LogP contribution is 2.41. The lowest BCUT2D eigenvalue weighted by molar-refractivity contribution is -0.151. The van der Waals surface area contributed by atoms with E-state index in [1.165, 1.54) is 12.1 Å². The lowest BCUT2D eigenvalue weighted by Gasteiger charge is -2.35. The van der Waals surface area contributed by atoms with E-state index in [1.54, 1.807) is 32.9 Å². The predicted molar refractivity (Wildman–Crippen MR) is 108 cm³/mol. The van der Waals surface area contributed by atoms with Gasteiger partial charge in [0.15, 0.2) is 0 Å². The van der Waals surface area contributed by atoms with Gasteiger partial charge in [0.1, 0.15) is 17.7 Å². The first-order valence-electron chi connectivity index (χ1n) is 9.80. The molecule has 1 N–H and O–H groups in total. The monoisotopic (exact) mass is 403 g/mol. The summed E-state index contributed by atoms with van der Waals surface area (Å²) >= 11 is 0. The molecule has 0 bridgehead atoms. The van der Waals surface area contributed by atoms with Gasteiger partial charge < -0.3 is 9.84 Å². The number of hydrogen-bond donors (Lipinski definition) is 1. The zero-order valence-corrected chi connectivity index (χ0v) is 16.9. The number of carbonyl (C=O) groups excluding carboxylic acids is 1. The third kappa shape index (κ3) is 4.75. The molecule has 1 amide bonds. The highest BCUT2D eigenvalue weighted by Gasteiger charge is 2.53. The van der Waals surface area contributed by atoms with E-state index < -0.39 is 29.8 Å². The summed E-state index contributed by atoms with van der Waals surface area (Å²) in [6.07, 6.45) is -2.23. The molecule has 1 heterocycles. The topological polar surface area (TPSA) is 49.8 Å². The van der Waals surface area contributed by atoms with Crippen LogP contribution in [0.5, 0.6) is 0 Å². The number of benzene rings is 2. The Morgan fingerprint density at radius 1 is 1.07 bits per heavy atom. The average molecular weight is 403 g/mol. The SMILES string of the molecule is CC(C)(C)OC(=O)N1CCCC1C(F)(F)C(O)c1ccc(-c2ccccc2)cc1. The molecule has 6 heteroatoms. The molecule has 2 atom stereocenters. The first-order chi connectivity index (χ1) is 13.6. The van der Waals surface area contributed by atoms with Crippen molar-refractivity contribution in [3.05, 3.63) is 60.2 Å². The second kappa shape index (κ2) is 8.11. The van der Waals surface area contributed by atoms with Crippen molar-refractivity contribution in [1.29, 1.82) is 0 Å². The molecule has 0 spiro atoms. The second-order valence-corrected chi connectivity index (χ2v) is 8.40. The molecule has 4 nitrogen and oxygen atoms in total. The van der Waals surface area contributed by atoms with E-state index in [0.717, 1.165) is 16.0 Å². The maximum Gasteiger partial charge on any atom is 0.410 e. The molecule has 2 aromatic rings. The highest BCUT2D eigenvalue weighted by molar-refractivity contribution is 5.69. The molecule has 0 saturated carbocycles. The van der Waals surface area contributed by atoms with Crippen molar-refractivity contribution in [2.45, 2.75) is 57.3 Å². The summed E-state index contributed by atoms with van der Waals surface area (Å²) in [4.78, 5) is 13.4. The molecule has 0 aromatic heterocycles. The highest BCUT2D eigenvalue weighted by atomic mass is 19.3. The van der Waals surface area contributed by atoms with Crippen molar-refractivity contribution in [3.63, 3.8) is 0 Å². The van der Waals surface area contributed by atoms with Gasteiger partial charge in [-0.1, -0.05) is 54.6 Å². The number of alkyl halides is 2. The molecule has 156 valence electrons. The van der Waals surface area contributed by atoms with Crippen LogP contribution >= 0.6 is 0 Å². The van der Waals surface area contributed by atoms with Crippen molar-refractivity contribution >= 4 is 6.09 Å². The number of halogens is 2. The molecular weight excluding hydrogens is 376 g/mol. The quantitative estimate of drug-likeness (QED) is 0.741.